The number of anilines is 1. The lowest BCUT2D eigenvalue weighted by atomic mass is 10.2. The zero-order chi connectivity index (χ0) is 17.8. The van der Waals surface area contributed by atoms with Crippen LogP contribution in [0.1, 0.15) is 17.9 Å². The van der Waals surface area contributed by atoms with Gasteiger partial charge in [-0.05, 0) is 30.7 Å². The number of carbonyl (C=O) groups excluding carboxylic acids is 1. The first-order chi connectivity index (χ1) is 12.0. The van der Waals surface area contributed by atoms with Crippen LogP contribution in [0.3, 0.4) is 0 Å². The normalized spacial score (nSPS) is 10.7. The molecule has 0 saturated heterocycles. The summed E-state index contributed by atoms with van der Waals surface area (Å²) in [5.41, 5.74) is 2.95. The van der Waals surface area contributed by atoms with Gasteiger partial charge in [-0.3, -0.25) is 4.79 Å². The highest BCUT2D eigenvalue weighted by Crippen LogP contribution is 2.23. The average molecular weight is 399 g/mol. The maximum absolute atomic E-state index is 12.4. The number of halogens is 1. The van der Waals surface area contributed by atoms with E-state index < -0.39 is 0 Å². The Morgan fingerprint density at radius 1 is 1.20 bits per heavy atom. The summed E-state index contributed by atoms with van der Waals surface area (Å²) in [4.78, 5) is 18.4. The molecule has 0 spiro atoms. The molecule has 3 rings (SSSR count). The van der Waals surface area contributed by atoms with Crippen LogP contribution in [0.15, 0.2) is 63.6 Å². The highest BCUT2D eigenvalue weighted by atomic mass is 79.9. The number of amides is 1. The van der Waals surface area contributed by atoms with Gasteiger partial charge in [0.25, 0.3) is 0 Å². The number of nitrogens with zero attached hydrogens (tertiary/aromatic N) is 2. The topological polar surface area (TPSA) is 46.3 Å². The van der Waals surface area contributed by atoms with Crippen LogP contribution in [0.4, 0.5) is 5.69 Å². The van der Waals surface area contributed by atoms with E-state index in [-0.39, 0.29) is 5.91 Å². The Balaban J connectivity index is 1.62. The van der Waals surface area contributed by atoms with Crippen molar-refractivity contribution < 1.29 is 9.21 Å². The number of carbonyl (C=O) groups is 1. The Labute approximate surface area is 155 Å². The van der Waals surface area contributed by atoms with E-state index in [1.54, 1.807) is 18.1 Å². The molecule has 128 valence electrons. The van der Waals surface area contributed by atoms with Crippen LogP contribution in [0.5, 0.6) is 0 Å². The van der Waals surface area contributed by atoms with Crippen LogP contribution in [0.2, 0.25) is 0 Å². The first-order valence-corrected chi connectivity index (χ1v) is 8.87. The molecule has 5 heteroatoms. The van der Waals surface area contributed by atoms with Gasteiger partial charge in [-0.2, -0.15) is 0 Å². The molecule has 0 radical (unpaired) electrons. The molecule has 0 atom stereocenters. The molecular weight excluding hydrogens is 380 g/mol. The van der Waals surface area contributed by atoms with Gasteiger partial charge in [-0.25, -0.2) is 4.98 Å². The van der Waals surface area contributed by atoms with Crippen LogP contribution in [-0.2, 0) is 11.2 Å². The Kier molecular flexibility index (Phi) is 5.34. The highest BCUT2D eigenvalue weighted by molar-refractivity contribution is 9.10. The van der Waals surface area contributed by atoms with E-state index in [1.807, 2.05) is 55.5 Å². The molecule has 1 amide bonds. The summed E-state index contributed by atoms with van der Waals surface area (Å²) >= 11 is 3.47. The van der Waals surface area contributed by atoms with Gasteiger partial charge in [0.05, 0.1) is 6.20 Å². The Bertz CT molecular complexity index is 874. The monoisotopic (exact) mass is 398 g/mol. The van der Waals surface area contributed by atoms with Gasteiger partial charge < -0.3 is 9.32 Å². The minimum atomic E-state index is 0.0289. The maximum atomic E-state index is 12.4. The second kappa shape index (κ2) is 7.66. The van der Waals surface area contributed by atoms with Gasteiger partial charge in [0.2, 0.25) is 5.91 Å². The summed E-state index contributed by atoms with van der Waals surface area (Å²) in [5, 5.41) is 0. The quantitative estimate of drug-likeness (QED) is 0.606. The van der Waals surface area contributed by atoms with Crippen LogP contribution < -0.4 is 4.90 Å². The van der Waals surface area contributed by atoms with Crippen molar-refractivity contribution in [1.82, 2.24) is 4.98 Å². The van der Waals surface area contributed by atoms with Gasteiger partial charge in [0, 0.05) is 35.6 Å². The smallest absolute Gasteiger partial charge is 0.227 e. The fourth-order valence-electron chi connectivity index (χ4n) is 2.52. The second-order valence-corrected chi connectivity index (χ2v) is 6.72. The lowest BCUT2D eigenvalue weighted by molar-refractivity contribution is -0.118. The number of rotatable bonds is 5. The maximum Gasteiger partial charge on any atom is 0.227 e. The number of aromatic nitrogens is 1. The van der Waals surface area contributed by atoms with Crippen molar-refractivity contribution in [3.8, 4) is 11.3 Å². The van der Waals surface area contributed by atoms with E-state index in [9.17, 15) is 4.79 Å². The Hall–Kier alpha value is -2.40. The summed E-state index contributed by atoms with van der Waals surface area (Å²) in [6, 6.07) is 15.7. The minimum Gasteiger partial charge on any atom is -0.441 e. The Morgan fingerprint density at radius 2 is 1.96 bits per heavy atom. The lowest BCUT2D eigenvalue weighted by Crippen LogP contribution is -2.26. The molecule has 0 bridgehead atoms. The number of hydrogen-bond donors (Lipinski definition) is 0. The summed E-state index contributed by atoms with van der Waals surface area (Å²) in [7, 11) is 1.79. The van der Waals surface area contributed by atoms with Gasteiger partial charge in [-0.15, -0.1) is 0 Å². The largest absolute Gasteiger partial charge is 0.441 e. The molecule has 0 aliphatic carbocycles. The van der Waals surface area contributed by atoms with E-state index in [0.717, 1.165) is 27.0 Å². The fraction of sp³-hybridized carbons (Fsp3) is 0.200. The SMILES string of the molecule is Cc1cc(N(C)C(=O)CCc2ncc(-c3ccccc3)o2)ccc1Br. The van der Waals surface area contributed by atoms with Crippen molar-refractivity contribution in [2.75, 3.05) is 11.9 Å². The highest BCUT2D eigenvalue weighted by Gasteiger charge is 2.14. The summed E-state index contributed by atoms with van der Waals surface area (Å²) in [6.07, 6.45) is 2.53. The molecule has 0 aliphatic rings. The minimum absolute atomic E-state index is 0.0289. The predicted octanol–water partition coefficient (Wildman–Crippen LogP) is 5.01. The third-order valence-corrected chi connectivity index (χ3v) is 4.96. The molecule has 3 aromatic rings. The van der Waals surface area contributed by atoms with Gasteiger partial charge in [-0.1, -0.05) is 46.3 Å². The van der Waals surface area contributed by atoms with Crippen molar-refractivity contribution in [3.05, 3.63) is 70.7 Å². The molecule has 25 heavy (non-hydrogen) atoms. The number of aryl methyl sites for hydroxylation is 2. The van der Waals surface area contributed by atoms with E-state index in [1.165, 1.54) is 0 Å². The zero-order valence-corrected chi connectivity index (χ0v) is 15.8. The second-order valence-electron chi connectivity index (χ2n) is 5.87. The first kappa shape index (κ1) is 17.4. The molecule has 0 saturated carbocycles. The Morgan fingerprint density at radius 3 is 2.68 bits per heavy atom. The molecular formula is C20H19BrN2O2. The van der Waals surface area contributed by atoms with Crippen LogP contribution in [0.25, 0.3) is 11.3 Å². The lowest BCUT2D eigenvalue weighted by Gasteiger charge is -2.18. The van der Waals surface area contributed by atoms with E-state index in [2.05, 4.69) is 20.9 Å². The van der Waals surface area contributed by atoms with E-state index in [4.69, 9.17) is 4.42 Å². The third kappa shape index (κ3) is 4.17. The number of benzene rings is 2. The molecule has 0 fully saturated rings. The first-order valence-electron chi connectivity index (χ1n) is 8.07. The van der Waals surface area contributed by atoms with Crippen LogP contribution in [-0.4, -0.2) is 17.9 Å². The molecule has 0 N–H and O–H groups in total. The summed E-state index contributed by atoms with van der Waals surface area (Å²) in [5.74, 6) is 1.33. The zero-order valence-electron chi connectivity index (χ0n) is 14.2. The van der Waals surface area contributed by atoms with E-state index in [0.29, 0.717) is 18.7 Å². The molecule has 1 aromatic heterocycles. The van der Waals surface area contributed by atoms with Gasteiger partial charge in [0.15, 0.2) is 11.7 Å². The van der Waals surface area contributed by atoms with Crippen LogP contribution in [0, 0.1) is 6.92 Å². The molecule has 2 aromatic carbocycles. The van der Waals surface area contributed by atoms with Crippen molar-refractivity contribution in [2.24, 2.45) is 0 Å². The van der Waals surface area contributed by atoms with Crippen molar-refractivity contribution >= 4 is 27.5 Å². The fourth-order valence-corrected chi connectivity index (χ4v) is 2.77. The number of oxazole rings is 1. The molecule has 1 heterocycles. The summed E-state index contributed by atoms with van der Waals surface area (Å²) < 4.78 is 6.79. The van der Waals surface area contributed by atoms with E-state index >= 15 is 0 Å². The van der Waals surface area contributed by atoms with Gasteiger partial charge >= 0.3 is 0 Å². The van der Waals surface area contributed by atoms with Crippen molar-refractivity contribution in [2.45, 2.75) is 19.8 Å². The van der Waals surface area contributed by atoms with Crippen LogP contribution >= 0.6 is 15.9 Å². The third-order valence-electron chi connectivity index (χ3n) is 4.07. The van der Waals surface area contributed by atoms with Crippen molar-refractivity contribution in [3.63, 3.8) is 0 Å². The molecule has 0 aliphatic heterocycles. The standard InChI is InChI=1S/C20H19BrN2O2/c1-14-12-16(8-9-17(14)21)23(2)20(24)11-10-19-22-13-18(25-19)15-6-4-3-5-7-15/h3-9,12-13H,10-11H2,1-2H3. The molecule has 4 nitrogen and oxygen atoms in total. The molecule has 0 unspecified atom stereocenters. The predicted molar refractivity (Wildman–Crippen MR) is 103 cm³/mol. The van der Waals surface area contributed by atoms with Crippen molar-refractivity contribution in [1.29, 1.82) is 0 Å². The van der Waals surface area contributed by atoms with Gasteiger partial charge in [0.1, 0.15) is 0 Å². The summed E-state index contributed by atoms with van der Waals surface area (Å²) in [6.45, 7) is 2.00. The number of hydrogen-bond acceptors (Lipinski definition) is 3. The average Bonchev–Trinajstić information content (AvgIpc) is 3.11.